The van der Waals surface area contributed by atoms with Gasteiger partial charge in [-0.15, -0.1) is 0 Å². The minimum Gasteiger partial charge on any atom is -0.452 e. The maximum Gasteiger partial charge on any atom is 0.312 e. The van der Waals surface area contributed by atoms with E-state index in [9.17, 15) is 14.4 Å². The molecule has 1 rings (SSSR count). The Hall–Kier alpha value is -1.65. The summed E-state index contributed by atoms with van der Waals surface area (Å²) >= 11 is 0. The predicted octanol–water partition coefficient (Wildman–Crippen LogP) is 3.70. The molecule has 142 valence electrons. The average Bonchev–Trinajstić information content (AvgIpc) is 2.49. The lowest BCUT2D eigenvalue weighted by atomic mass is 9.65. The molecule has 1 aliphatic rings. The molecule has 5 heteroatoms. The molecule has 1 unspecified atom stereocenters. The number of primary amides is 1. The first-order valence-corrected chi connectivity index (χ1v) is 9.25. The van der Waals surface area contributed by atoms with Crippen LogP contribution in [-0.4, -0.2) is 23.8 Å². The highest BCUT2D eigenvalue weighted by Crippen LogP contribution is 2.43. The highest BCUT2D eigenvalue weighted by Gasteiger charge is 2.46. The predicted molar refractivity (Wildman–Crippen MR) is 97.7 cm³/mol. The average molecular weight is 351 g/mol. The molecule has 0 saturated heterocycles. The molecule has 0 aliphatic carbocycles. The molecule has 1 heterocycles. The zero-order chi connectivity index (χ0) is 19.1. The van der Waals surface area contributed by atoms with E-state index in [1.54, 1.807) is 13.8 Å². The Morgan fingerprint density at radius 3 is 2.36 bits per heavy atom. The van der Waals surface area contributed by atoms with Crippen molar-refractivity contribution in [1.82, 2.24) is 0 Å². The summed E-state index contributed by atoms with van der Waals surface area (Å²) < 4.78 is 5.42. The van der Waals surface area contributed by atoms with Gasteiger partial charge in [-0.2, -0.15) is 0 Å². The van der Waals surface area contributed by atoms with Gasteiger partial charge in [0.1, 0.15) is 5.78 Å². The summed E-state index contributed by atoms with van der Waals surface area (Å²) in [6, 6.07) is 0. The van der Waals surface area contributed by atoms with Crippen LogP contribution in [0.2, 0.25) is 0 Å². The van der Waals surface area contributed by atoms with Gasteiger partial charge in [-0.3, -0.25) is 14.4 Å². The molecule has 1 aliphatic heterocycles. The van der Waals surface area contributed by atoms with Crippen molar-refractivity contribution in [2.24, 2.45) is 16.6 Å². The summed E-state index contributed by atoms with van der Waals surface area (Å²) in [5.41, 5.74) is 3.91. The van der Waals surface area contributed by atoms with Gasteiger partial charge in [-0.05, 0) is 38.5 Å². The number of carbonyl (C=O) groups excluding carboxylic acids is 3. The molecule has 0 aromatic carbocycles. The number of hydrogen-bond donors (Lipinski definition) is 1. The Bertz CT molecular complexity index is 520. The third kappa shape index (κ3) is 6.29. The van der Waals surface area contributed by atoms with E-state index in [0.29, 0.717) is 12.8 Å². The summed E-state index contributed by atoms with van der Waals surface area (Å²) in [5.74, 6) is -0.970. The van der Waals surface area contributed by atoms with Crippen molar-refractivity contribution in [2.45, 2.75) is 85.2 Å². The minimum absolute atomic E-state index is 0.171. The molecule has 0 aromatic rings. The highest BCUT2D eigenvalue weighted by atomic mass is 16.5. The lowest BCUT2D eigenvalue weighted by Gasteiger charge is -2.39. The van der Waals surface area contributed by atoms with Crippen LogP contribution in [0.15, 0.2) is 12.2 Å². The topological polar surface area (TPSA) is 86.5 Å². The summed E-state index contributed by atoms with van der Waals surface area (Å²) in [5, 5.41) is 0. The van der Waals surface area contributed by atoms with E-state index in [1.165, 1.54) is 0 Å². The zero-order valence-electron chi connectivity index (χ0n) is 16.1. The molecule has 25 heavy (non-hydrogen) atoms. The third-order valence-corrected chi connectivity index (χ3v) is 5.50. The van der Waals surface area contributed by atoms with Crippen molar-refractivity contribution < 1.29 is 19.1 Å². The molecule has 0 fully saturated rings. The molecule has 0 radical (unpaired) electrons. The van der Waals surface area contributed by atoms with Crippen LogP contribution in [-0.2, 0) is 19.1 Å². The molecule has 0 bridgehead atoms. The Balaban J connectivity index is 3.00. The standard InChI is InChI=1S/C20H33NO4/c1-19(2)14-15(22)12-10-8-6-5-7-9-11-13-16(17(21)23)25-18(24)20(19,3)4/h9,11,16H,5-8,10,12-14H2,1-4H3,(H2,21,23)/b11-9-. The highest BCUT2D eigenvalue weighted by molar-refractivity contribution is 5.85. The van der Waals surface area contributed by atoms with Crippen molar-refractivity contribution in [1.29, 1.82) is 0 Å². The lowest BCUT2D eigenvalue weighted by Crippen LogP contribution is -2.45. The van der Waals surface area contributed by atoms with Crippen LogP contribution in [0.4, 0.5) is 0 Å². The number of ketones is 1. The third-order valence-electron chi connectivity index (χ3n) is 5.50. The van der Waals surface area contributed by atoms with Gasteiger partial charge in [0, 0.05) is 19.3 Å². The van der Waals surface area contributed by atoms with Crippen LogP contribution in [0.5, 0.6) is 0 Å². The number of amides is 1. The van der Waals surface area contributed by atoms with Crippen LogP contribution < -0.4 is 5.73 Å². The maximum atomic E-state index is 12.7. The fourth-order valence-electron chi connectivity index (χ4n) is 2.85. The molecule has 0 spiro atoms. The first-order valence-electron chi connectivity index (χ1n) is 9.25. The molecule has 2 N–H and O–H groups in total. The van der Waals surface area contributed by atoms with Crippen molar-refractivity contribution in [3.05, 3.63) is 12.2 Å². The van der Waals surface area contributed by atoms with E-state index in [2.05, 4.69) is 0 Å². The smallest absolute Gasteiger partial charge is 0.312 e. The number of ether oxygens (including phenoxy) is 1. The Morgan fingerprint density at radius 1 is 1.08 bits per heavy atom. The Kier molecular flexibility index (Phi) is 7.84. The van der Waals surface area contributed by atoms with E-state index in [4.69, 9.17) is 10.5 Å². The molecule has 1 amide bonds. The molecular formula is C20H33NO4. The molecule has 0 saturated carbocycles. The number of cyclic esters (lactones) is 1. The number of allylic oxidation sites excluding steroid dienone is 1. The fraction of sp³-hybridized carbons (Fsp3) is 0.750. The first kappa shape index (κ1) is 21.4. The number of rotatable bonds is 1. The Labute approximate surface area is 151 Å². The van der Waals surface area contributed by atoms with Gasteiger partial charge in [0.2, 0.25) is 0 Å². The van der Waals surface area contributed by atoms with Crippen LogP contribution in [0.25, 0.3) is 0 Å². The second-order valence-electron chi connectivity index (χ2n) is 8.18. The first-order chi connectivity index (χ1) is 11.6. The van der Waals surface area contributed by atoms with Crippen molar-refractivity contribution in [2.75, 3.05) is 0 Å². The SMILES string of the molecule is CC1(C)CC(=O)CCCCCC/C=C\CC(C(N)=O)OC(=O)C1(C)C. The number of nitrogens with two attached hydrogens (primary N) is 1. The van der Waals surface area contributed by atoms with Crippen LogP contribution in [0.3, 0.4) is 0 Å². The molecule has 5 nitrogen and oxygen atoms in total. The summed E-state index contributed by atoms with van der Waals surface area (Å²) in [4.78, 5) is 36.6. The van der Waals surface area contributed by atoms with Crippen molar-refractivity contribution in [3.8, 4) is 0 Å². The van der Waals surface area contributed by atoms with Gasteiger partial charge in [-0.1, -0.05) is 38.8 Å². The number of Topliss-reactive ketones (excluding diaryl/α,β-unsaturated/α-hetero) is 1. The number of carbonyl (C=O) groups is 3. The summed E-state index contributed by atoms with van der Waals surface area (Å²) in [7, 11) is 0. The van der Waals surface area contributed by atoms with Gasteiger partial charge in [-0.25, -0.2) is 0 Å². The van der Waals surface area contributed by atoms with Gasteiger partial charge < -0.3 is 10.5 Å². The molecule has 0 aromatic heterocycles. The minimum atomic E-state index is -0.970. The van der Waals surface area contributed by atoms with Crippen LogP contribution in [0.1, 0.15) is 79.1 Å². The fourth-order valence-corrected chi connectivity index (χ4v) is 2.85. The van der Waals surface area contributed by atoms with Gasteiger partial charge in [0.15, 0.2) is 6.10 Å². The number of hydrogen-bond acceptors (Lipinski definition) is 4. The van der Waals surface area contributed by atoms with E-state index < -0.39 is 28.8 Å². The van der Waals surface area contributed by atoms with Crippen molar-refractivity contribution >= 4 is 17.7 Å². The quantitative estimate of drug-likeness (QED) is 0.576. The van der Waals surface area contributed by atoms with Gasteiger partial charge >= 0.3 is 5.97 Å². The van der Waals surface area contributed by atoms with Gasteiger partial charge in [0.05, 0.1) is 5.41 Å². The second-order valence-corrected chi connectivity index (χ2v) is 8.18. The van der Waals surface area contributed by atoms with E-state index in [-0.39, 0.29) is 12.2 Å². The monoisotopic (exact) mass is 351 g/mol. The van der Waals surface area contributed by atoms with Crippen molar-refractivity contribution in [3.63, 3.8) is 0 Å². The maximum absolute atomic E-state index is 12.7. The van der Waals surface area contributed by atoms with E-state index in [0.717, 1.165) is 32.1 Å². The number of esters is 1. The summed E-state index contributed by atoms with van der Waals surface area (Å²) in [6.07, 6.45) is 9.01. The van der Waals surface area contributed by atoms with E-state index >= 15 is 0 Å². The van der Waals surface area contributed by atoms with Crippen LogP contribution in [0, 0.1) is 10.8 Å². The summed E-state index contributed by atoms with van der Waals surface area (Å²) in [6.45, 7) is 7.32. The lowest BCUT2D eigenvalue weighted by molar-refractivity contribution is -0.170. The van der Waals surface area contributed by atoms with Crippen LogP contribution >= 0.6 is 0 Å². The largest absolute Gasteiger partial charge is 0.452 e. The molecule has 1 atom stereocenters. The Morgan fingerprint density at radius 2 is 1.72 bits per heavy atom. The molecular weight excluding hydrogens is 318 g/mol. The normalized spacial score (nSPS) is 27.3. The van der Waals surface area contributed by atoms with E-state index in [1.807, 2.05) is 26.0 Å². The second kappa shape index (κ2) is 9.16. The zero-order valence-corrected chi connectivity index (χ0v) is 16.1. The van der Waals surface area contributed by atoms with Gasteiger partial charge in [0.25, 0.3) is 5.91 Å².